The molecule has 0 radical (unpaired) electrons. The largest absolute Gasteiger partial charge is 0.309 e. The van der Waals surface area contributed by atoms with Gasteiger partial charge in [-0.15, -0.1) is 0 Å². The predicted octanol–water partition coefficient (Wildman–Crippen LogP) is 3.19. The van der Waals surface area contributed by atoms with Crippen LogP contribution in [0.3, 0.4) is 0 Å². The van der Waals surface area contributed by atoms with Gasteiger partial charge in [-0.3, -0.25) is 9.36 Å². The van der Waals surface area contributed by atoms with Crippen LogP contribution >= 0.6 is 11.3 Å². The van der Waals surface area contributed by atoms with Crippen LogP contribution in [0.1, 0.15) is 38.6 Å². The summed E-state index contributed by atoms with van der Waals surface area (Å²) in [5, 5.41) is 0. The van der Waals surface area contributed by atoms with Crippen LogP contribution in [-0.2, 0) is 0 Å². The lowest BCUT2D eigenvalue weighted by atomic mass is 10.2. The quantitative estimate of drug-likeness (QED) is 0.603. The number of aromatic nitrogens is 1. The molecule has 0 N–H and O–H groups in total. The second-order valence-electron chi connectivity index (χ2n) is 4.49. The molecule has 0 unspecified atom stereocenters. The lowest BCUT2D eigenvalue weighted by Crippen LogP contribution is -2.15. The summed E-state index contributed by atoms with van der Waals surface area (Å²) in [4.78, 5) is 21.2. The number of amidine groups is 1. The van der Waals surface area contributed by atoms with Crippen LogP contribution in [-0.4, -0.2) is 17.1 Å². The van der Waals surface area contributed by atoms with Crippen LogP contribution in [0.25, 0.3) is 0 Å². The van der Waals surface area contributed by atoms with E-state index in [1.807, 2.05) is 34.6 Å². The fraction of sp³-hybridized carbons (Fsp3) is 0.583. The van der Waals surface area contributed by atoms with E-state index < -0.39 is 0 Å². The highest BCUT2D eigenvalue weighted by Gasteiger charge is 2.15. The summed E-state index contributed by atoms with van der Waals surface area (Å²) < 4.78 is 1.70. The molecule has 0 aliphatic rings. The molecule has 0 fully saturated rings. The van der Waals surface area contributed by atoms with Gasteiger partial charge in [-0.1, -0.05) is 25.2 Å². The zero-order valence-corrected chi connectivity index (χ0v) is 11.8. The number of hydrogen-bond donors (Lipinski definition) is 0. The normalized spacial score (nSPS) is 12.5. The summed E-state index contributed by atoms with van der Waals surface area (Å²) in [5.41, 5.74) is 0. The zero-order chi connectivity index (χ0) is 13.2. The fourth-order valence-corrected chi connectivity index (χ4v) is 2.42. The molecule has 0 saturated heterocycles. The molecule has 1 aromatic heterocycles. The average Bonchev–Trinajstić information content (AvgIpc) is 2.49. The van der Waals surface area contributed by atoms with Crippen molar-refractivity contribution in [2.45, 2.75) is 40.7 Å². The molecule has 1 rings (SSSR count). The van der Waals surface area contributed by atoms with Crippen LogP contribution in [0, 0.1) is 12.8 Å². The molecular weight excluding hydrogens is 234 g/mol. The number of rotatable bonds is 3. The summed E-state index contributed by atoms with van der Waals surface area (Å²) in [6, 6.07) is 0.101. The van der Waals surface area contributed by atoms with Crippen LogP contribution in [0.5, 0.6) is 0 Å². The van der Waals surface area contributed by atoms with E-state index in [1.165, 1.54) is 11.3 Å². The predicted molar refractivity (Wildman–Crippen MR) is 75.2 cm³/mol. The molecule has 0 aliphatic heterocycles. The Hall–Kier alpha value is -1.23. The SMILES string of the molecule is C=N/C(=N\c1c(C)sc(=O)n1C(C)C)C(C)C. The number of aliphatic imine (C=N–C) groups is 2. The Bertz CT molecular complexity index is 494. The Morgan fingerprint density at radius 2 is 1.94 bits per heavy atom. The van der Waals surface area contributed by atoms with Crippen molar-refractivity contribution in [3.8, 4) is 0 Å². The van der Waals surface area contributed by atoms with Crippen LogP contribution in [0.15, 0.2) is 14.8 Å². The highest BCUT2D eigenvalue weighted by atomic mass is 32.1. The molecule has 1 aromatic rings. The third-order valence-corrected chi connectivity index (χ3v) is 3.26. The average molecular weight is 253 g/mol. The molecular formula is C12H19N3OS. The van der Waals surface area contributed by atoms with Crippen molar-refractivity contribution in [2.24, 2.45) is 15.9 Å². The Labute approximate surface area is 106 Å². The molecule has 4 nitrogen and oxygen atoms in total. The molecule has 94 valence electrons. The van der Waals surface area contributed by atoms with Crippen molar-refractivity contribution in [3.63, 3.8) is 0 Å². The second kappa shape index (κ2) is 5.40. The van der Waals surface area contributed by atoms with Crippen molar-refractivity contribution in [1.29, 1.82) is 0 Å². The lowest BCUT2D eigenvalue weighted by Gasteiger charge is -2.10. The maximum absolute atomic E-state index is 11.8. The minimum absolute atomic E-state index is 0.0309. The number of nitrogens with zero attached hydrogens (tertiary/aromatic N) is 3. The van der Waals surface area contributed by atoms with Gasteiger partial charge in [0.25, 0.3) is 0 Å². The first-order chi connectivity index (χ1) is 7.88. The summed E-state index contributed by atoms with van der Waals surface area (Å²) in [5.74, 6) is 1.58. The van der Waals surface area contributed by atoms with Crippen molar-refractivity contribution in [2.75, 3.05) is 0 Å². The molecule has 0 aliphatic carbocycles. The van der Waals surface area contributed by atoms with Gasteiger partial charge in [-0.05, 0) is 27.5 Å². The van der Waals surface area contributed by atoms with Crippen molar-refractivity contribution in [3.05, 3.63) is 14.5 Å². The molecule has 0 spiro atoms. The van der Waals surface area contributed by atoms with Gasteiger partial charge >= 0.3 is 4.87 Å². The van der Waals surface area contributed by atoms with Crippen molar-refractivity contribution in [1.82, 2.24) is 4.57 Å². The maximum atomic E-state index is 11.8. The number of aryl methyl sites for hydroxylation is 1. The van der Waals surface area contributed by atoms with Gasteiger partial charge < -0.3 is 0 Å². The van der Waals surface area contributed by atoms with Crippen molar-refractivity contribution >= 4 is 29.7 Å². The van der Waals surface area contributed by atoms with Gasteiger partial charge in [0.15, 0.2) is 5.82 Å². The first kappa shape index (κ1) is 13.8. The van der Waals surface area contributed by atoms with Gasteiger partial charge in [0, 0.05) is 16.8 Å². The smallest absolute Gasteiger partial charge is 0.281 e. The Kier molecular flexibility index (Phi) is 4.40. The van der Waals surface area contributed by atoms with Gasteiger partial charge in [0.1, 0.15) is 5.84 Å². The maximum Gasteiger partial charge on any atom is 0.309 e. The van der Waals surface area contributed by atoms with E-state index in [0.29, 0.717) is 11.7 Å². The Morgan fingerprint density at radius 3 is 2.35 bits per heavy atom. The third kappa shape index (κ3) is 2.91. The zero-order valence-electron chi connectivity index (χ0n) is 11.0. The molecule has 0 atom stereocenters. The highest BCUT2D eigenvalue weighted by Crippen LogP contribution is 2.25. The summed E-state index contributed by atoms with van der Waals surface area (Å²) in [7, 11) is 0. The van der Waals surface area contributed by atoms with Crippen LogP contribution < -0.4 is 4.87 Å². The molecule has 0 aromatic carbocycles. The topological polar surface area (TPSA) is 46.7 Å². The summed E-state index contributed by atoms with van der Waals surface area (Å²) in [6.45, 7) is 13.4. The lowest BCUT2D eigenvalue weighted by molar-refractivity contribution is 0.594. The monoisotopic (exact) mass is 253 g/mol. The third-order valence-electron chi connectivity index (χ3n) is 2.40. The Balaban J connectivity index is 3.41. The summed E-state index contributed by atoms with van der Waals surface area (Å²) >= 11 is 1.23. The number of thiazole rings is 1. The minimum atomic E-state index is 0.0309. The number of hydrogen-bond acceptors (Lipinski definition) is 3. The van der Waals surface area contributed by atoms with E-state index in [4.69, 9.17) is 0 Å². The first-order valence-corrected chi connectivity index (χ1v) is 6.47. The van der Waals surface area contributed by atoms with E-state index in [9.17, 15) is 4.79 Å². The second-order valence-corrected chi connectivity index (χ2v) is 5.66. The standard InChI is InChI=1S/C12H19N3OS/c1-7(2)10(13-6)14-11-9(5)17-12(16)15(11)8(3)4/h7-8H,6H2,1-5H3/b14-10-. The van der Waals surface area contributed by atoms with E-state index in [0.717, 1.165) is 4.88 Å². The Morgan fingerprint density at radius 1 is 1.35 bits per heavy atom. The van der Waals surface area contributed by atoms with Gasteiger partial charge in [0.05, 0.1) is 0 Å². The molecule has 0 bridgehead atoms. The van der Waals surface area contributed by atoms with Crippen LogP contribution in [0.4, 0.5) is 5.82 Å². The van der Waals surface area contributed by atoms with Crippen molar-refractivity contribution < 1.29 is 0 Å². The molecule has 0 amide bonds. The van der Waals surface area contributed by atoms with E-state index in [-0.39, 0.29) is 16.8 Å². The first-order valence-electron chi connectivity index (χ1n) is 5.65. The molecule has 0 saturated carbocycles. The molecule has 5 heteroatoms. The van der Waals surface area contributed by atoms with Gasteiger partial charge in [-0.2, -0.15) is 0 Å². The fourth-order valence-electron chi connectivity index (χ4n) is 1.53. The van der Waals surface area contributed by atoms with E-state index in [2.05, 4.69) is 16.7 Å². The van der Waals surface area contributed by atoms with E-state index >= 15 is 0 Å². The van der Waals surface area contributed by atoms with Gasteiger partial charge in [-0.25, -0.2) is 9.98 Å². The molecule has 17 heavy (non-hydrogen) atoms. The van der Waals surface area contributed by atoms with Gasteiger partial charge in [0.2, 0.25) is 0 Å². The van der Waals surface area contributed by atoms with Crippen LogP contribution in [0.2, 0.25) is 0 Å². The minimum Gasteiger partial charge on any atom is -0.281 e. The summed E-state index contributed by atoms with van der Waals surface area (Å²) in [6.07, 6.45) is 0. The molecule has 1 heterocycles. The van der Waals surface area contributed by atoms with E-state index in [1.54, 1.807) is 4.57 Å². The highest BCUT2D eigenvalue weighted by molar-refractivity contribution is 7.09.